The van der Waals surface area contributed by atoms with E-state index < -0.39 is 0 Å². The molecule has 4 nitrogen and oxygen atoms in total. The first-order valence-electron chi connectivity index (χ1n) is 7.66. The first-order chi connectivity index (χ1) is 10.8. The molecule has 0 spiro atoms. The fourth-order valence-electron chi connectivity index (χ4n) is 2.01. The first kappa shape index (κ1) is 16.0. The first-order valence-corrected chi connectivity index (χ1v) is 7.66. The number of ether oxygens (including phenoxy) is 2. The molecule has 0 unspecified atom stereocenters. The molecule has 0 radical (unpaired) electrons. The zero-order valence-corrected chi connectivity index (χ0v) is 13.3. The van der Waals surface area contributed by atoms with Gasteiger partial charge in [-0.1, -0.05) is 6.92 Å². The Kier molecular flexibility index (Phi) is 6.42. The van der Waals surface area contributed by atoms with Crippen LogP contribution in [0.2, 0.25) is 0 Å². The van der Waals surface area contributed by atoms with Crippen LogP contribution in [0.25, 0.3) is 0 Å². The van der Waals surface area contributed by atoms with E-state index in [2.05, 4.69) is 17.6 Å². The maximum atomic E-state index is 5.56. The van der Waals surface area contributed by atoms with Gasteiger partial charge in [-0.3, -0.25) is 0 Å². The minimum Gasteiger partial charge on any atom is -0.497 e. The van der Waals surface area contributed by atoms with Crippen LogP contribution in [0.15, 0.2) is 48.5 Å². The molecule has 0 aliphatic heterocycles. The van der Waals surface area contributed by atoms with Crippen molar-refractivity contribution in [3.63, 3.8) is 0 Å². The highest BCUT2D eigenvalue weighted by atomic mass is 16.5. The van der Waals surface area contributed by atoms with Crippen LogP contribution >= 0.6 is 0 Å². The van der Waals surface area contributed by atoms with Gasteiger partial charge in [0.1, 0.15) is 11.5 Å². The predicted octanol–water partition coefficient (Wildman–Crippen LogP) is 4.01. The Morgan fingerprint density at radius 1 is 0.773 bits per heavy atom. The molecule has 2 aromatic rings. The molecule has 4 heteroatoms. The Morgan fingerprint density at radius 2 is 1.27 bits per heavy atom. The lowest BCUT2D eigenvalue weighted by Crippen LogP contribution is -2.13. The Labute approximate surface area is 132 Å². The van der Waals surface area contributed by atoms with Gasteiger partial charge in [0.05, 0.1) is 13.7 Å². The van der Waals surface area contributed by atoms with Gasteiger partial charge in [-0.15, -0.1) is 0 Å². The minimum absolute atomic E-state index is 0.762. The quantitative estimate of drug-likeness (QED) is 0.687. The van der Waals surface area contributed by atoms with Gasteiger partial charge in [0.2, 0.25) is 0 Å². The monoisotopic (exact) mass is 300 g/mol. The van der Waals surface area contributed by atoms with Gasteiger partial charge in [0.25, 0.3) is 0 Å². The maximum absolute atomic E-state index is 5.56. The molecule has 0 amide bonds. The molecule has 2 N–H and O–H groups in total. The van der Waals surface area contributed by atoms with Crippen LogP contribution in [-0.4, -0.2) is 26.8 Å². The van der Waals surface area contributed by atoms with Crippen LogP contribution < -0.4 is 20.1 Å². The van der Waals surface area contributed by atoms with E-state index in [1.54, 1.807) is 7.11 Å². The largest absolute Gasteiger partial charge is 0.497 e. The Hall–Kier alpha value is -2.36. The molecule has 22 heavy (non-hydrogen) atoms. The second-order valence-electron chi connectivity index (χ2n) is 4.95. The van der Waals surface area contributed by atoms with Crippen LogP contribution in [-0.2, 0) is 0 Å². The number of rotatable bonds is 9. The van der Waals surface area contributed by atoms with Crippen molar-refractivity contribution in [2.24, 2.45) is 0 Å². The number of hydrogen-bond donors (Lipinski definition) is 2. The lowest BCUT2D eigenvalue weighted by Gasteiger charge is -2.10. The topological polar surface area (TPSA) is 42.5 Å². The maximum Gasteiger partial charge on any atom is 0.119 e. The molecule has 0 saturated carbocycles. The van der Waals surface area contributed by atoms with E-state index in [-0.39, 0.29) is 0 Å². The normalized spacial score (nSPS) is 10.1. The summed E-state index contributed by atoms with van der Waals surface area (Å²) in [6.45, 7) is 4.56. The summed E-state index contributed by atoms with van der Waals surface area (Å²) in [5, 5.41) is 6.74. The molecule has 0 aromatic heterocycles. The summed E-state index contributed by atoms with van der Waals surface area (Å²) >= 11 is 0. The van der Waals surface area contributed by atoms with Gasteiger partial charge < -0.3 is 20.1 Å². The second kappa shape index (κ2) is 8.82. The number of benzene rings is 2. The Morgan fingerprint density at radius 3 is 1.73 bits per heavy atom. The molecular formula is C18H24N2O2. The standard InChI is InChI=1S/C18H24N2O2/c1-3-14-22-18-10-6-16(7-11-18)20-13-12-19-15-4-8-17(21-2)9-5-15/h4-11,19-20H,3,12-14H2,1-2H3. The highest BCUT2D eigenvalue weighted by molar-refractivity contribution is 5.48. The number of nitrogens with one attached hydrogen (secondary N) is 2. The summed E-state index contributed by atoms with van der Waals surface area (Å²) < 4.78 is 10.7. The van der Waals surface area contributed by atoms with Gasteiger partial charge in [0.15, 0.2) is 0 Å². The summed E-state index contributed by atoms with van der Waals surface area (Å²) in [5.74, 6) is 1.79. The molecule has 0 fully saturated rings. The van der Waals surface area contributed by atoms with Crippen molar-refractivity contribution in [1.29, 1.82) is 0 Å². The van der Waals surface area contributed by atoms with E-state index in [9.17, 15) is 0 Å². The molecule has 0 bridgehead atoms. The van der Waals surface area contributed by atoms with Crippen molar-refractivity contribution >= 4 is 11.4 Å². The third-order valence-electron chi connectivity index (χ3n) is 3.20. The average Bonchev–Trinajstić information content (AvgIpc) is 2.58. The molecule has 2 rings (SSSR count). The van der Waals surface area contributed by atoms with Crippen molar-refractivity contribution in [1.82, 2.24) is 0 Å². The molecule has 0 saturated heterocycles. The van der Waals surface area contributed by atoms with Gasteiger partial charge in [-0.25, -0.2) is 0 Å². The number of hydrogen-bond acceptors (Lipinski definition) is 4. The summed E-state index contributed by atoms with van der Waals surface area (Å²) in [5.41, 5.74) is 2.19. The highest BCUT2D eigenvalue weighted by Gasteiger charge is 1.96. The zero-order chi connectivity index (χ0) is 15.6. The van der Waals surface area contributed by atoms with Gasteiger partial charge in [0, 0.05) is 24.5 Å². The predicted molar refractivity (Wildman–Crippen MR) is 92.2 cm³/mol. The smallest absolute Gasteiger partial charge is 0.119 e. The van der Waals surface area contributed by atoms with Crippen molar-refractivity contribution < 1.29 is 9.47 Å². The van der Waals surface area contributed by atoms with E-state index >= 15 is 0 Å². The van der Waals surface area contributed by atoms with Gasteiger partial charge in [-0.05, 0) is 55.0 Å². The zero-order valence-electron chi connectivity index (χ0n) is 13.3. The fraction of sp³-hybridized carbons (Fsp3) is 0.333. The second-order valence-corrected chi connectivity index (χ2v) is 4.95. The van der Waals surface area contributed by atoms with Crippen molar-refractivity contribution in [3.05, 3.63) is 48.5 Å². The van der Waals surface area contributed by atoms with E-state index in [0.29, 0.717) is 0 Å². The molecule has 0 aliphatic rings. The summed E-state index contributed by atoms with van der Waals surface area (Å²) in [4.78, 5) is 0. The lowest BCUT2D eigenvalue weighted by atomic mass is 10.3. The molecule has 118 valence electrons. The molecule has 0 heterocycles. The van der Waals surface area contributed by atoms with Crippen LogP contribution in [0, 0.1) is 0 Å². The Balaban J connectivity index is 1.69. The van der Waals surface area contributed by atoms with E-state index in [1.807, 2.05) is 48.5 Å². The summed E-state index contributed by atoms with van der Waals surface area (Å²) in [7, 11) is 1.67. The van der Waals surface area contributed by atoms with Crippen LogP contribution in [0.4, 0.5) is 11.4 Å². The van der Waals surface area contributed by atoms with Crippen molar-refractivity contribution in [3.8, 4) is 11.5 Å². The number of anilines is 2. The van der Waals surface area contributed by atoms with Crippen LogP contribution in [0.3, 0.4) is 0 Å². The Bertz CT molecular complexity index is 538. The summed E-state index contributed by atoms with van der Waals surface area (Å²) in [6, 6.07) is 16.0. The van der Waals surface area contributed by atoms with E-state index in [0.717, 1.165) is 49.0 Å². The summed E-state index contributed by atoms with van der Waals surface area (Å²) in [6.07, 6.45) is 1.02. The van der Waals surface area contributed by atoms with Gasteiger partial charge >= 0.3 is 0 Å². The van der Waals surface area contributed by atoms with Crippen LogP contribution in [0.1, 0.15) is 13.3 Å². The number of methoxy groups -OCH3 is 1. The third kappa shape index (κ3) is 5.20. The molecule has 0 aliphatic carbocycles. The minimum atomic E-state index is 0.762. The lowest BCUT2D eigenvalue weighted by molar-refractivity contribution is 0.317. The third-order valence-corrected chi connectivity index (χ3v) is 3.20. The fourth-order valence-corrected chi connectivity index (χ4v) is 2.01. The molecule has 2 aromatic carbocycles. The molecule has 0 atom stereocenters. The van der Waals surface area contributed by atoms with Crippen molar-refractivity contribution in [2.45, 2.75) is 13.3 Å². The van der Waals surface area contributed by atoms with E-state index in [4.69, 9.17) is 9.47 Å². The van der Waals surface area contributed by atoms with Crippen LogP contribution in [0.5, 0.6) is 11.5 Å². The average molecular weight is 300 g/mol. The highest BCUT2D eigenvalue weighted by Crippen LogP contribution is 2.16. The molecular weight excluding hydrogens is 276 g/mol. The SMILES string of the molecule is CCCOc1ccc(NCCNc2ccc(OC)cc2)cc1. The van der Waals surface area contributed by atoms with E-state index in [1.165, 1.54) is 0 Å². The van der Waals surface area contributed by atoms with Gasteiger partial charge in [-0.2, -0.15) is 0 Å². The van der Waals surface area contributed by atoms with Crippen molar-refractivity contribution in [2.75, 3.05) is 37.4 Å².